The first kappa shape index (κ1) is 18.7. The van der Waals surface area contributed by atoms with Crippen LogP contribution in [0.2, 0.25) is 0 Å². The van der Waals surface area contributed by atoms with Gasteiger partial charge in [-0.15, -0.1) is 0 Å². The molecule has 138 valence electrons. The van der Waals surface area contributed by atoms with Gasteiger partial charge in [0.25, 0.3) is 0 Å². The number of nitrogens with one attached hydrogen (secondary N) is 1. The molecule has 2 heteroatoms. The summed E-state index contributed by atoms with van der Waals surface area (Å²) in [6.07, 6.45) is 9.39. The molecule has 1 aliphatic rings. The molecule has 1 aliphatic carbocycles. The molecule has 1 amide bonds. The van der Waals surface area contributed by atoms with Crippen LogP contribution in [0.1, 0.15) is 68.4 Å². The number of carbonyl (C=O) groups excluding carboxylic acids is 1. The lowest BCUT2D eigenvalue weighted by atomic mass is 9.86. The second-order valence-corrected chi connectivity index (χ2v) is 7.56. The highest BCUT2D eigenvalue weighted by Crippen LogP contribution is 2.28. The zero-order chi connectivity index (χ0) is 18.0. The van der Waals surface area contributed by atoms with E-state index in [-0.39, 0.29) is 5.91 Å². The van der Waals surface area contributed by atoms with Crippen LogP contribution >= 0.6 is 0 Å². The highest BCUT2D eigenvalue weighted by molar-refractivity contribution is 5.75. The summed E-state index contributed by atoms with van der Waals surface area (Å²) >= 11 is 0. The van der Waals surface area contributed by atoms with Gasteiger partial charge in [0, 0.05) is 18.9 Å². The number of hydrogen-bond donors (Lipinski definition) is 1. The van der Waals surface area contributed by atoms with Crippen LogP contribution in [0.5, 0.6) is 0 Å². The van der Waals surface area contributed by atoms with Crippen LogP contribution < -0.4 is 5.32 Å². The highest BCUT2D eigenvalue weighted by atomic mass is 16.1. The first-order chi connectivity index (χ1) is 12.8. The van der Waals surface area contributed by atoms with Gasteiger partial charge in [-0.3, -0.25) is 4.79 Å². The predicted molar refractivity (Wildman–Crippen MR) is 108 cm³/mol. The Morgan fingerprint density at radius 1 is 0.885 bits per heavy atom. The number of carbonyl (C=O) groups is 1. The van der Waals surface area contributed by atoms with Gasteiger partial charge < -0.3 is 5.32 Å². The van der Waals surface area contributed by atoms with Crippen molar-refractivity contribution < 1.29 is 4.79 Å². The minimum atomic E-state index is 0.218. The summed E-state index contributed by atoms with van der Waals surface area (Å²) in [6.45, 7) is 0.734. The maximum atomic E-state index is 12.2. The van der Waals surface area contributed by atoms with Crippen molar-refractivity contribution in [3.8, 4) is 0 Å². The van der Waals surface area contributed by atoms with E-state index in [1.54, 1.807) is 0 Å². The Hall–Kier alpha value is -2.09. The molecule has 2 nitrogen and oxygen atoms in total. The molecular weight excluding hydrogens is 318 g/mol. The van der Waals surface area contributed by atoms with E-state index >= 15 is 0 Å². The molecule has 0 atom stereocenters. The SMILES string of the molecule is O=C(CCC1CCCCC1)NCCC(c1ccccc1)c1ccccc1. The minimum absolute atomic E-state index is 0.218. The maximum Gasteiger partial charge on any atom is 0.220 e. The van der Waals surface area contributed by atoms with Crippen molar-refractivity contribution >= 4 is 5.91 Å². The average Bonchev–Trinajstić information content (AvgIpc) is 2.72. The highest BCUT2D eigenvalue weighted by Gasteiger charge is 2.16. The molecule has 0 unspecified atom stereocenters. The maximum absolute atomic E-state index is 12.2. The van der Waals surface area contributed by atoms with Gasteiger partial charge in [-0.05, 0) is 29.9 Å². The fourth-order valence-corrected chi connectivity index (χ4v) is 4.15. The summed E-state index contributed by atoms with van der Waals surface area (Å²) in [6, 6.07) is 21.2. The molecule has 0 radical (unpaired) electrons. The number of amides is 1. The minimum Gasteiger partial charge on any atom is -0.356 e. The molecule has 1 fully saturated rings. The van der Waals surface area contributed by atoms with Gasteiger partial charge in [0.05, 0.1) is 0 Å². The zero-order valence-electron chi connectivity index (χ0n) is 15.7. The molecular formula is C24H31NO. The van der Waals surface area contributed by atoms with Gasteiger partial charge in [-0.25, -0.2) is 0 Å². The Morgan fingerprint density at radius 2 is 1.46 bits per heavy atom. The van der Waals surface area contributed by atoms with Crippen molar-refractivity contribution in [3.05, 3.63) is 71.8 Å². The second kappa shape index (κ2) is 10.2. The van der Waals surface area contributed by atoms with Crippen molar-refractivity contribution in [2.45, 2.75) is 57.3 Å². The summed E-state index contributed by atoms with van der Waals surface area (Å²) in [5.41, 5.74) is 2.63. The van der Waals surface area contributed by atoms with E-state index in [0.29, 0.717) is 12.3 Å². The summed E-state index contributed by atoms with van der Waals surface area (Å²) in [5.74, 6) is 1.32. The molecule has 1 saturated carbocycles. The quantitative estimate of drug-likeness (QED) is 0.652. The second-order valence-electron chi connectivity index (χ2n) is 7.56. The lowest BCUT2D eigenvalue weighted by Crippen LogP contribution is -2.26. The number of hydrogen-bond acceptors (Lipinski definition) is 1. The molecule has 0 bridgehead atoms. The van der Waals surface area contributed by atoms with Crippen molar-refractivity contribution in [3.63, 3.8) is 0 Å². The molecule has 0 saturated heterocycles. The van der Waals surface area contributed by atoms with Crippen molar-refractivity contribution in [2.75, 3.05) is 6.54 Å². The first-order valence-electron chi connectivity index (χ1n) is 10.2. The Balaban J connectivity index is 1.49. The third-order valence-corrected chi connectivity index (χ3v) is 5.66. The third-order valence-electron chi connectivity index (χ3n) is 5.66. The molecule has 0 aromatic heterocycles. The van der Waals surface area contributed by atoms with Crippen LogP contribution in [0.15, 0.2) is 60.7 Å². The lowest BCUT2D eigenvalue weighted by Gasteiger charge is -2.21. The van der Waals surface area contributed by atoms with Crippen LogP contribution in [-0.2, 0) is 4.79 Å². The first-order valence-corrected chi connectivity index (χ1v) is 10.2. The molecule has 0 aliphatic heterocycles. The van der Waals surface area contributed by atoms with Crippen molar-refractivity contribution in [1.29, 1.82) is 0 Å². The van der Waals surface area contributed by atoms with Crippen molar-refractivity contribution in [2.24, 2.45) is 5.92 Å². The van der Waals surface area contributed by atoms with Gasteiger partial charge in [-0.1, -0.05) is 92.8 Å². The van der Waals surface area contributed by atoms with Crippen LogP contribution in [0.4, 0.5) is 0 Å². The van der Waals surface area contributed by atoms with Crippen LogP contribution in [0.3, 0.4) is 0 Å². The summed E-state index contributed by atoms with van der Waals surface area (Å²) in [4.78, 5) is 12.2. The van der Waals surface area contributed by atoms with Crippen molar-refractivity contribution in [1.82, 2.24) is 5.32 Å². The smallest absolute Gasteiger partial charge is 0.220 e. The van der Waals surface area contributed by atoms with E-state index in [1.807, 2.05) is 0 Å². The Morgan fingerprint density at radius 3 is 2.04 bits per heavy atom. The molecule has 0 heterocycles. The Kier molecular flexibility index (Phi) is 7.30. The summed E-state index contributed by atoms with van der Waals surface area (Å²) in [5, 5.41) is 3.15. The molecule has 0 spiro atoms. The molecule has 1 N–H and O–H groups in total. The summed E-state index contributed by atoms with van der Waals surface area (Å²) in [7, 11) is 0. The third kappa shape index (κ3) is 5.72. The molecule has 2 aromatic rings. The van der Waals surface area contributed by atoms with E-state index in [9.17, 15) is 4.79 Å². The van der Waals surface area contributed by atoms with E-state index in [0.717, 1.165) is 25.3 Å². The lowest BCUT2D eigenvalue weighted by molar-refractivity contribution is -0.121. The predicted octanol–water partition coefficient (Wildman–Crippen LogP) is 5.69. The molecule has 26 heavy (non-hydrogen) atoms. The normalized spacial score (nSPS) is 15.1. The standard InChI is InChI=1S/C24H31NO/c26-24(17-16-20-10-4-1-5-11-20)25-19-18-23(21-12-6-2-7-13-21)22-14-8-3-9-15-22/h2-3,6-9,12-15,20,23H,1,4-5,10-11,16-19H2,(H,25,26). The van der Waals surface area contributed by atoms with E-state index in [2.05, 4.69) is 66.0 Å². The van der Waals surface area contributed by atoms with Gasteiger partial charge >= 0.3 is 0 Å². The largest absolute Gasteiger partial charge is 0.356 e. The topological polar surface area (TPSA) is 29.1 Å². The monoisotopic (exact) mass is 349 g/mol. The van der Waals surface area contributed by atoms with Crippen LogP contribution in [-0.4, -0.2) is 12.5 Å². The van der Waals surface area contributed by atoms with Gasteiger partial charge in [0.15, 0.2) is 0 Å². The van der Waals surface area contributed by atoms with Crippen LogP contribution in [0, 0.1) is 5.92 Å². The number of benzene rings is 2. The van der Waals surface area contributed by atoms with E-state index in [1.165, 1.54) is 43.2 Å². The fraction of sp³-hybridized carbons (Fsp3) is 0.458. The van der Waals surface area contributed by atoms with Gasteiger partial charge in [-0.2, -0.15) is 0 Å². The Labute approximate surface area is 158 Å². The number of rotatable bonds is 8. The zero-order valence-corrected chi connectivity index (χ0v) is 15.7. The van der Waals surface area contributed by atoms with Crippen LogP contribution in [0.25, 0.3) is 0 Å². The van der Waals surface area contributed by atoms with Gasteiger partial charge in [0.1, 0.15) is 0 Å². The average molecular weight is 350 g/mol. The van der Waals surface area contributed by atoms with Gasteiger partial charge in [0.2, 0.25) is 5.91 Å². The fourth-order valence-electron chi connectivity index (χ4n) is 4.15. The summed E-state index contributed by atoms with van der Waals surface area (Å²) < 4.78 is 0. The van der Waals surface area contributed by atoms with E-state index < -0.39 is 0 Å². The van der Waals surface area contributed by atoms with E-state index in [4.69, 9.17) is 0 Å². The Bertz CT molecular complexity index is 607. The molecule has 2 aromatic carbocycles. The molecule has 3 rings (SSSR count).